The van der Waals surface area contributed by atoms with Crippen molar-refractivity contribution in [2.75, 3.05) is 45.6 Å². The molecule has 1 N–H and O–H groups in total. The van der Waals surface area contributed by atoms with Crippen LogP contribution < -0.4 is 4.74 Å². The minimum Gasteiger partial charge on any atom is -0.492 e. The van der Waals surface area contributed by atoms with Crippen LogP contribution in [0.1, 0.15) is 16.8 Å². The number of carboxylic acids is 1. The Hall–Kier alpha value is -1.64. The maximum absolute atomic E-state index is 11.6. The monoisotopic (exact) mass is 342 g/mol. The van der Waals surface area contributed by atoms with Gasteiger partial charge in [0.15, 0.2) is 0 Å². The minimum atomic E-state index is -3.13. The summed E-state index contributed by atoms with van der Waals surface area (Å²) in [6, 6.07) is 6.38. The zero-order valence-electron chi connectivity index (χ0n) is 13.1. The molecule has 1 aromatic carbocycles. The molecule has 1 aliphatic rings. The molecule has 2 rings (SSSR count). The Balaban J connectivity index is 1.80. The van der Waals surface area contributed by atoms with Gasteiger partial charge in [0.25, 0.3) is 0 Å². The van der Waals surface area contributed by atoms with E-state index in [0.717, 1.165) is 13.0 Å². The van der Waals surface area contributed by atoms with Gasteiger partial charge in [-0.1, -0.05) is 6.07 Å². The normalized spacial score (nSPS) is 17.6. The lowest BCUT2D eigenvalue weighted by Gasteiger charge is -2.20. The highest BCUT2D eigenvalue weighted by molar-refractivity contribution is 7.88. The summed E-state index contributed by atoms with van der Waals surface area (Å²) >= 11 is 0. The van der Waals surface area contributed by atoms with E-state index < -0.39 is 16.0 Å². The molecule has 128 valence electrons. The predicted molar refractivity (Wildman–Crippen MR) is 86.4 cm³/mol. The molecule has 1 heterocycles. The number of nitrogens with zero attached hydrogens (tertiary/aromatic N) is 2. The first-order valence-electron chi connectivity index (χ1n) is 7.50. The van der Waals surface area contributed by atoms with Crippen molar-refractivity contribution in [1.82, 2.24) is 9.21 Å². The summed E-state index contributed by atoms with van der Waals surface area (Å²) in [7, 11) is -3.13. The molecule has 1 saturated heterocycles. The third kappa shape index (κ3) is 5.49. The fourth-order valence-corrected chi connectivity index (χ4v) is 3.39. The van der Waals surface area contributed by atoms with Crippen LogP contribution >= 0.6 is 0 Å². The molecule has 8 heteroatoms. The highest BCUT2D eigenvalue weighted by atomic mass is 32.2. The van der Waals surface area contributed by atoms with Crippen molar-refractivity contribution < 1.29 is 23.1 Å². The topological polar surface area (TPSA) is 87.2 Å². The Labute approximate surface area is 136 Å². The zero-order chi connectivity index (χ0) is 16.9. The second kappa shape index (κ2) is 7.76. The molecule has 0 unspecified atom stereocenters. The maximum atomic E-state index is 11.6. The van der Waals surface area contributed by atoms with Crippen LogP contribution in [0.3, 0.4) is 0 Å². The summed E-state index contributed by atoms with van der Waals surface area (Å²) in [4.78, 5) is 13.1. The van der Waals surface area contributed by atoms with E-state index in [1.54, 1.807) is 12.1 Å². The van der Waals surface area contributed by atoms with Gasteiger partial charge in [0, 0.05) is 26.2 Å². The van der Waals surface area contributed by atoms with Crippen molar-refractivity contribution in [3.8, 4) is 5.75 Å². The molecule has 0 aliphatic carbocycles. The highest BCUT2D eigenvalue weighted by Gasteiger charge is 2.21. The van der Waals surface area contributed by atoms with E-state index in [1.807, 2.05) is 0 Å². The van der Waals surface area contributed by atoms with Crippen molar-refractivity contribution >= 4 is 16.0 Å². The lowest BCUT2D eigenvalue weighted by molar-refractivity contribution is 0.0696. The summed E-state index contributed by atoms with van der Waals surface area (Å²) in [6.45, 7) is 3.65. The molecule has 0 amide bonds. The number of carbonyl (C=O) groups is 1. The van der Waals surface area contributed by atoms with E-state index in [-0.39, 0.29) is 5.56 Å². The molecule has 23 heavy (non-hydrogen) atoms. The minimum absolute atomic E-state index is 0.195. The van der Waals surface area contributed by atoms with Crippen LogP contribution in [0.2, 0.25) is 0 Å². The van der Waals surface area contributed by atoms with Gasteiger partial charge in [-0.2, -0.15) is 0 Å². The smallest absolute Gasteiger partial charge is 0.335 e. The fourth-order valence-electron chi connectivity index (χ4n) is 2.51. The van der Waals surface area contributed by atoms with Crippen LogP contribution in [-0.2, 0) is 10.0 Å². The average Bonchev–Trinajstić information content (AvgIpc) is 2.73. The van der Waals surface area contributed by atoms with Crippen LogP contribution in [0, 0.1) is 0 Å². The molecular weight excluding hydrogens is 320 g/mol. The Morgan fingerprint density at radius 3 is 2.74 bits per heavy atom. The number of hydrogen-bond acceptors (Lipinski definition) is 5. The van der Waals surface area contributed by atoms with Crippen molar-refractivity contribution in [3.05, 3.63) is 29.8 Å². The van der Waals surface area contributed by atoms with Gasteiger partial charge in [-0.15, -0.1) is 0 Å². The van der Waals surface area contributed by atoms with Crippen LogP contribution in [0.4, 0.5) is 0 Å². The van der Waals surface area contributed by atoms with E-state index in [4.69, 9.17) is 9.84 Å². The third-order valence-corrected chi connectivity index (χ3v) is 5.08. The van der Waals surface area contributed by atoms with Gasteiger partial charge < -0.3 is 9.84 Å². The van der Waals surface area contributed by atoms with E-state index in [1.165, 1.54) is 22.7 Å². The number of aromatic carboxylic acids is 1. The Kier molecular flexibility index (Phi) is 5.97. The van der Waals surface area contributed by atoms with Crippen LogP contribution in [0.25, 0.3) is 0 Å². The largest absolute Gasteiger partial charge is 0.492 e. The summed E-state index contributed by atoms with van der Waals surface area (Å²) in [5.41, 5.74) is 0.195. The molecule has 1 aliphatic heterocycles. The molecule has 0 saturated carbocycles. The standard InChI is InChI=1S/C15H22N2O5S/c1-23(20,21)17-7-3-6-16(8-9-17)10-11-22-14-5-2-4-13(12-14)15(18)19/h2,4-5,12H,3,6-11H2,1H3,(H,18,19). The van der Waals surface area contributed by atoms with Crippen LogP contribution in [0.15, 0.2) is 24.3 Å². The Morgan fingerprint density at radius 2 is 2.04 bits per heavy atom. The van der Waals surface area contributed by atoms with Gasteiger partial charge in [0.2, 0.25) is 10.0 Å². The Morgan fingerprint density at radius 1 is 1.26 bits per heavy atom. The number of sulfonamides is 1. The van der Waals surface area contributed by atoms with E-state index in [0.29, 0.717) is 38.5 Å². The SMILES string of the molecule is CS(=O)(=O)N1CCCN(CCOc2cccc(C(=O)O)c2)CC1. The third-order valence-electron chi connectivity index (χ3n) is 3.77. The van der Waals surface area contributed by atoms with E-state index in [9.17, 15) is 13.2 Å². The average molecular weight is 342 g/mol. The summed E-state index contributed by atoms with van der Waals surface area (Å²) in [5.74, 6) is -0.457. The molecule has 1 fully saturated rings. The van der Waals surface area contributed by atoms with Crippen molar-refractivity contribution in [2.24, 2.45) is 0 Å². The van der Waals surface area contributed by atoms with Gasteiger partial charge in [-0.3, -0.25) is 4.90 Å². The van der Waals surface area contributed by atoms with Crippen molar-refractivity contribution in [3.63, 3.8) is 0 Å². The van der Waals surface area contributed by atoms with Gasteiger partial charge in [0.1, 0.15) is 12.4 Å². The highest BCUT2D eigenvalue weighted by Crippen LogP contribution is 2.13. The van der Waals surface area contributed by atoms with Crippen LogP contribution in [-0.4, -0.2) is 74.3 Å². The summed E-state index contributed by atoms with van der Waals surface area (Å²) in [6.07, 6.45) is 2.03. The van der Waals surface area contributed by atoms with Gasteiger partial charge in [0.05, 0.1) is 11.8 Å². The van der Waals surface area contributed by atoms with Gasteiger partial charge in [-0.05, 0) is 31.2 Å². The summed E-state index contributed by atoms with van der Waals surface area (Å²) < 4.78 is 30.2. The van der Waals surface area contributed by atoms with Crippen LogP contribution in [0.5, 0.6) is 5.75 Å². The number of benzene rings is 1. The first-order chi connectivity index (χ1) is 10.9. The number of ether oxygens (including phenoxy) is 1. The number of rotatable bonds is 6. The predicted octanol–water partition coefficient (Wildman–Crippen LogP) is 0.731. The van der Waals surface area contributed by atoms with Gasteiger partial charge >= 0.3 is 5.97 Å². The number of hydrogen-bond donors (Lipinski definition) is 1. The van der Waals surface area contributed by atoms with Crippen molar-refractivity contribution in [1.29, 1.82) is 0 Å². The molecule has 0 radical (unpaired) electrons. The lowest BCUT2D eigenvalue weighted by atomic mass is 10.2. The van der Waals surface area contributed by atoms with Gasteiger partial charge in [-0.25, -0.2) is 17.5 Å². The second-order valence-electron chi connectivity index (χ2n) is 5.54. The first kappa shape index (κ1) is 17.7. The summed E-state index contributed by atoms with van der Waals surface area (Å²) in [5, 5.41) is 8.94. The first-order valence-corrected chi connectivity index (χ1v) is 9.35. The lowest BCUT2D eigenvalue weighted by Crippen LogP contribution is -2.35. The molecule has 0 bridgehead atoms. The fraction of sp³-hybridized carbons (Fsp3) is 0.533. The molecule has 0 atom stereocenters. The molecule has 7 nitrogen and oxygen atoms in total. The van der Waals surface area contributed by atoms with E-state index in [2.05, 4.69) is 4.90 Å². The quantitative estimate of drug-likeness (QED) is 0.820. The second-order valence-corrected chi connectivity index (χ2v) is 7.52. The maximum Gasteiger partial charge on any atom is 0.335 e. The zero-order valence-corrected chi connectivity index (χ0v) is 14.0. The van der Waals surface area contributed by atoms with Crippen molar-refractivity contribution in [2.45, 2.75) is 6.42 Å². The molecular formula is C15H22N2O5S. The van der Waals surface area contributed by atoms with E-state index >= 15 is 0 Å². The molecule has 1 aromatic rings. The number of carboxylic acid groups (broad SMARTS) is 1. The molecule has 0 spiro atoms. The molecule has 0 aromatic heterocycles. The Bertz CT molecular complexity index is 647.